The van der Waals surface area contributed by atoms with Crippen molar-refractivity contribution in [3.63, 3.8) is 0 Å². The molecule has 2 rings (SSSR count). The van der Waals surface area contributed by atoms with E-state index >= 15 is 0 Å². The third-order valence-electron chi connectivity index (χ3n) is 4.35. The SMILES string of the molecule is CCNC(CCC1CCCCC1)C1=CCCCO1. The molecule has 1 saturated carbocycles. The van der Waals surface area contributed by atoms with Crippen molar-refractivity contribution in [1.82, 2.24) is 5.32 Å². The Balaban J connectivity index is 1.79. The molecule has 0 spiro atoms. The highest BCUT2D eigenvalue weighted by Gasteiger charge is 2.20. The molecule has 1 atom stereocenters. The first-order valence-electron chi connectivity index (χ1n) is 7.96. The van der Waals surface area contributed by atoms with Crippen molar-refractivity contribution in [1.29, 1.82) is 0 Å². The van der Waals surface area contributed by atoms with Crippen LogP contribution < -0.4 is 5.32 Å². The van der Waals surface area contributed by atoms with Gasteiger partial charge in [-0.25, -0.2) is 0 Å². The van der Waals surface area contributed by atoms with E-state index in [2.05, 4.69) is 18.3 Å². The first-order valence-corrected chi connectivity index (χ1v) is 7.96. The number of ether oxygens (including phenoxy) is 1. The molecule has 1 heterocycles. The van der Waals surface area contributed by atoms with Crippen LogP contribution in [0.15, 0.2) is 11.8 Å². The quantitative estimate of drug-likeness (QED) is 0.770. The number of hydrogen-bond donors (Lipinski definition) is 1. The Morgan fingerprint density at radius 1 is 1.28 bits per heavy atom. The van der Waals surface area contributed by atoms with Crippen molar-refractivity contribution in [3.8, 4) is 0 Å². The first kappa shape index (κ1) is 13.9. The van der Waals surface area contributed by atoms with E-state index in [9.17, 15) is 0 Å². The molecular formula is C16H29NO. The topological polar surface area (TPSA) is 21.3 Å². The highest BCUT2D eigenvalue weighted by atomic mass is 16.5. The Hall–Kier alpha value is -0.500. The normalized spacial score (nSPS) is 23.3. The Bertz CT molecular complexity index is 256. The second kappa shape index (κ2) is 7.83. The highest BCUT2D eigenvalue weighted by Crippen LogP contribution is 2.29. The van der Waals surface area contributed by atoms with Gasteiger partial charge in [-0.05, 0) is 44.2 Å². The maximum Gasteiger partial charge on any atom is 0.109 e. The van der Waals surface area contributed by atoms with Gasteiger partial charge in [-0.2, -0.15) is 0 Å². The summed E-state index contributed by atoms with van der Waals surface area (Å²) in [5, 5.41) is 3.60. The van der Waals surface area contributed by atoms with E-state index in [4.69, 9.17) is 4.74 Å². The third-order valence-corrected chi connectivity index (χ3v) is 4.35. The number of allylic oxidation sites excluding steroid dienone is 1. The first-order chi connectivity index (χ1) is 8.90. The molecule has 2 heteroatoms. The summed E-state index contributed by atoms with van der Waals surface area (Å²) in [5.41, 5.74) is 0. The second-order valence-corrected chi connectivity index (χ2v) is 5.79. The van der Waals surface area contributed by atoms with Crippen molar-refractivity contribution in [2.24, 2.45) is 5.92 Å². The molecule has 0 aromatic rings. The lowest BCUT2D eigenvalue weighted by molar-refractivity contribution is 0.161. The summed E-state index contributed by atoms with van der Waals surface area (Å²) in [7, 11) is 0. The molecule has 0 bridgehead atoms. The van der Waals surface area contributed by atoms with Gasteiger partial charge < -0.3 is 10.1 Å². The van der Waals surface area contributed by atoms with Crippen LogP contribution in [0.2, 0.25) is 0 Å². The largest absolute Gasteiger partial charge is 0.497 e. The fourth-order valence-corrected chi connectivity index (χ4v) is 3.29. The summed E-state index contributed by atoms with van der Waals surface area (Å²) in [4.78, 5) is 0. The summed E-state index contributed by atoms with van der Waals surface area (Å²) in [6.07, 6.45) is 14.6. The average molecular weight is 251 g/mol. The average Bonchev–Trinajstić information content (AvgIpc) is 2.45. The van der Waals surface area contributed by atoms with Crippen molar-refractivity contribution >= 4 is 0 Å². The summed E-state index contributed by atoms with van der Waals surface area (Å²) in [6.45, 7) is 4.14. The van der Waals surface area contributed by atoms with Crippen molar-refractivity contribution < 1.29 is 4.74 Å². The summed E-state index contributed by atoms with van der Waals surface area (Å²) in [5.74, 6) is 2.20. The molecule has 104 valence electrons. The lowest BCUT2D eigenvalue weighted by Crippen LogP contribution is -2.33. The molecule has 1 aliphatic heterocycles. The van der Waals surface area contributed by atoms with Crippen LogP contribution in [0.3, 0.4) is 0 Å². The van der Waals surface area contributed by atoms with Gasteiger partial charge in [0.05, 0.1) is 12.6 Å². The van der Waals surface area contributed by atoms with Crippen molar-refractivity contribution in [3.05, 3.63) is 11.8 Å². The molecule has 1 unspecified atom stereocenters. The van der Waals surface area contributed by atoms with Crippen LogP contribution in [-0.2, 0) is 4.74 Å². The fourth-order valence-electron chi connectivity index (χ4n) is 3.29. The van der Waals surface area contributed by atoms with Gasteiger partial charge in [0.25, 0.3) is 0 Å². The van der Waals surface area contributed by atoms with Gasteiger partial charge in [0.15, 0.2) is 0 Å². The molecule has 1 fully saturated rings. The van der Waals surface area contributed by atoms with E-state index in [0.717, 1.165) is 19.1 Å². The van der Waals surface area contributed by atoms with Crippen molar-refractivity contribution in [2.45, 2.75) is 70.8 Å². The van der Waals surface area contributed by atoms with E-state index in [1.165, 1.54) is 63.5 Å². The van der Waals surface area contributed by atoms with Crippen LogP contribution in [0.25, 0.3) is 0 Å². The molecule has 0 radical (unpaired) electrons. The van der Waals surface area contributed by atoms with E-state index in [1.807, 2.05) is 0 Å². The van der Waals surface area contributed by atoms with Crippen LogP contribution in [-0.4, -0.2) is 19.2 Å². The number of rotatable bonds is 6. The van der Waals surface area contributed by atoms with Crippen LogP contribution >= 0.6 is 0 Å². The smallest absolute Gasteiger partial charge is 0.109 e. The minimum atomic E-state index is 0.470. The van der Waals surface area contributed by atoms with Gasteiger partial charge in [-0.3, -0.25) is 0 Å². The van der Waals surface area contributed by atoms with Gasteiger partial charge in [0.1, 0.15) is 5.76 Å². The molecule has 1 aliphatic carbocycles. The minimum Gasteiger partial charge on any atom is -0.497 e. The zero-order valence-electron chi connectivity index (χ0n) is 11.9. The number of nitrogens with one attached hydrogen (secondary N) is 1. The second-order valence-electron chi connectivity index (χ2n) is 5.79. The summed E-state index contributed by atoms with van der Waals surface area (Å²) < 4.78 is 5.83. The van der Waals surface area contributed by atoms with E-state index < -0.39 is 0 Å². The van der Waals surface area contributed by atoms with E-state index in [1.54, 1.807) is 0 Å². The van der Waals surface area contributed by atoms with Gasteiger partial charge in [0, 0.05) is 0 Å². The molecule has 0 aromatic carbocycles. The molecule has 18 heavy (non-hydrogen) atoms. The van der Waals surface area contributed by atoms with Crippen LogP contribution in [0.5, 0.6) is 0 Å². The predicted octanol–water partition coefficient (Wildman–Crippen LogP) is 4.02. The zero-order chi connectivity index (χ0) is 12.6. The number of likely N-dealkylation sites (N-methyl/N-ethyl adjacent to an activating group) is 1. The van der Waals surface area contributed by atoms with Gasteiger partial charge in [-0.15, -0.1) is 0 Å². The summed E-state index contributed by atoms with van der Waals surface area (Å²) in [6, 6.07) is 0.470. The predicted molar refractivity (Wildman–Crippen MR) is 76.5 cm³/mol. The molecule has 0 saturated heterocycles. The maximum atomic E-state index is 5.83. The maximum absolute atomic E-state index is 5.83. The molecule has 1 N–H and O–H groups in total. The summed E-state index contributed by atoms with van der Waals surface area (Å²) >= 11 is 0. The van der Waals surface area contributed by atoms with Crippen LogP contribution in [0.1, 0.15) is 64.7 Å². The van der Waals surface area contributed by atoms with Gasteiger partial charge in [0.2, 0.25) is 0 Å². The standard InChI is InChI=1S/C16H29NO/c1-2-17-15(16-10-6-7-13-18-16)12-11-14-8-4-3-5-9-14/h10,14-15,17H,2-9,11-13H2,1H3. The number of hydrogen-bond acceptors (Lipinski definition) is 2. The van der Waals surface area contributed by atoms with Gasteiger partial charge in [-0.1, -0.05) is 39.0 Å². The Kier molecular flexibility index (Phi) is 6.06. The molecule has 2 aliphatic rings. The van der Waals surface area contributed by atoms with Crippen molar-refractivity contribution in [2.75, 3.05) is 13.2 Å². The molecule has 0 amide bonds. The molecular weight excluding hydrogens is 222 g/mol. The zero-order valence-corrected chi connectivity index (χ0v) is 11.9. The minimum absolute atomic E-state index is 0.470. The lowest BCUT2D eigenvalue weighted by Gasteiger charge is -2.27. The van der Waals surface area contributed by atoms with E-state index in [0.29, 0.717) is 6.04 Å². The van der Waals surface area contributed by atoms with Gasteiger partial charge >= 0.3 is 0 Å². The van der Waals surface area contributed by atoms with Crippen LogP contribution in [0, 0.1) is 5.92 Å². The highest BCUT2D eigenvalue weighted by molar-refractivity contribution is 5.05. The fraction of sp³-hybridized carbons (Fsp3) is 0.875. The monoisotopic (exact) mass is 251 g/mol. The lowest BCUT2D eigenvalue weighted by atomic mass is 9.85. The third kappa shape index (κ3) is 4.31. The van der Waals surface area contributed by atoms with Crippen LogP contribution in [0.4, 0.5) is 0 Å². The molecule has 2 nitrogen and oxygen atoms in total. The molecule has 0 aromatic heterocycles. The Labute approximate surface area is 112 Å². The Morgan fingerprint density at radius 3 is 2.78 bits per heavy atom. The Morgan fingerprint density at radius 2 is 2.11 bits per heavy atom. The van der Waals surface area contributed by atoms with E-state index in [-0.39, 0.29) is 0 Å².